The average molecular weight is 556 g/mol. The number of Topliss-reactive ketones (excluding diaryl/α,β-unsaturated/α-hetero) is 1. The summed E-state index contributed by atoms with van der Waals surface area (Å²) < 4.78 is 15.9. The van der Waals surface area contributed by atoms with Gasteiger partial charge < -0.3 is 10.6 Å². The maximum absolute atomic E-state index is 15.9. The molecule has 2 amide bonds. The zero-order valence-corrected chi connectivity index (χ0v) is 22.8. The standard InChI is InChI=1S/C31H28BClFN3O3/c1-17(38)18-8-11-20(12-9-18)35-28(39)27-25(21-6-5-7-23(32)26(21)34)31(30(37-27)14-3-2-4-15-30)22-13-10-19(33)16-24(22)36-29(31)40/h5-13,16,25,27,37H,2-4,14-15H2,1H3,(H,35,39)(H,36,40)/t25-,27+,31+/m0/s1. The lowest BCUT2D eigenvalue weighted by atomic mass is 9.55. The number of ketones is 1. The first kappa shape index (κ1) is 26.7. The highest BCUT2D eigenvalue weighted by Gasteiger charge is 2.72. The molecule has 6 rings (SSSR count). The van der Waals surface area contributed by atoms with Crippen LogP contribution in [0.15, 0.2) is 60.7 Å². The molecule has 2 heterocycles. The predicted octanol–water partition coefficient (Wildman–Crippen LogP) is 4.76. The van der Waals surface area contributed by atoms with E-state index in [2.05, 4.69) is 16.0 Å². The van der Waals surface area contributed by atoms with E-state index < -0.39 is 34.6 Å². The monoisotopic (exact) mass is 555 g/mol. The van der Waals surface area contributed by atoms with E-state index in [1.165, 1.54) is 13.0 Å². The van der Waals surface area contributed by atoms with Gasteiger partial charge in [-0.05, 0) is 67.3 Å². The first-order valence-electron chi connectivity index (χ1n) is 13.5. The average Bonchev–Trinajstić information content (AvgIpc) is 3.38. The molecule has 40 heavy (non-hydrogen) atoms. The Morgan fingerprint density at radius 3 is 2.48 bits per heavy atom. The second-order valence-electron chi connectivity index (χ2n) is 11.1. The smallest absolute Gasteiger partial charge is 0.242 e. The van der Waals surface area contributed by atoms with Crippen molar-refractivity contribution in [1.82, 2.24) is 5.32 Å². The lowest BCUT2D eigenvalue weighted by molar-refractivity contribution is -0.124. The first-order valence-corrected chi connectivity index (χ1v) is 13.9. The Kier molecular flexibility index (Phi) is 6.59. The highest BCUT2D eigenvalue weighted by molar-refractivity contribution is 6.32. The SMILES string of the molecule is [B]c1cccc([C@H]2[C@H](C(=O)Nc3ccc(C(C)=O)cc3)NC3(CCCCC3)[C@@]23C(=O)Nc2cc(Cl)ccc23)c1F. The predicted molar refractivity (Wildman–Crippen MR) is 154 cm³/mol. The summed E-state index contributed by atoms with van der Waals surface area (Å²) >= 11 is 6.31. The fraction of sp³-hybridized carbons (Fsp3) is 0.323. The van der Waals surface area contributed by atoms with Crippen LogP contribution in [0.2, 0.25) is 5.02 Å². The Morgan fingerprint density at radius 1 is 1.05 bits per heavy atom. The summed E-state index contributed by atoms with van der Waals surface area (Å²) in [7, 11) is 6.04. The normalized spacial score (nSPS) is 24.6. The Hall–Kier alpha value is -3.49. The van der Waals surface area contributed by atoms with Crippen molar-refractivity contribution in [3.63, 3.8) is 0 Å². The third-order valence-electron chi connectivity index (χ3n) is 8.94. The van der Waals surface area contributed by atoms with Crippen molar-refractivity contribution in [3.05, 3.63) is 88.2 Å². The number of carbonyl (C=O) groups is 3. The lowest BCUT2D eigenvalue weighted by Gasteiger charge is -2.47. The summed E-state index contributed by atoms with van der Waals surface area (Å²) in [5.41, 5.74) is 0.341. The van der Waals surface area contributed by atoms with E-state index in [0.29, 0.717) is 40.4 Å². The molecular formula is C31H28BClFN3O3. The van der Waals surface area contributed by atoms with Crippen molar-refractivity contribution in [2.24, 2.45) is 0 Å². The zero-order chi connectivity index (χ0) is 28.2. The third kappa shape index (κ3) is 3.91. The van der Waals surface area contributed by atoms with Gasteiger partial charge in [0, 0.05) is 33.4 Å². The Morgan fingerprint density at radius 2 is 1.77 bits per heavy atom. The van der Waals surface area contributed by atoms with Crippen LogP contribution in [0.4, 0.5) is 15.8 Å². The van der Waals surface area contributed by atoms with Crippen LogP contribution >= 0.6 is 11.6 Å². The van der Waals surface area contributed by atoms with Crippen LogP contribution in [0.25, 0.3) is 0 Å². The molecule has 3 aliphatic rings. The molecule has 6 nitrogen and oxygen atoms in total. The van der Waals surface area contributed by atoms with Crippen LogP contribution in [0.5, 0.6) is 0 Å². The van der Waals surface area contributed by atoms with Crippen molar-refractivity contribution in [2.45, 2.75) is 61.9 Å². The number of carbonyl (C=O) groups excluding carboxylic acids is 3. The van der Waals surface area contributed by atoms with E-state index >= 15 is 4.39 Å². The molecule has 1 saturated carbocycles. The van der Waals surface area contributed by atoms with E-state index in [9.17, 15) is 14.4 Å². The number of benzene rings is 3. The second-order valence-corrected chi connectivity index (χ2v) is 11.5. The minimum absolute atomic E-state index is 0.0500. The minimum Gasteiger partial charge on any atom is -0.325 e. The zero-order valence-electron chi connectivity index (χ0n) is 22.0. The fourth-order valence-electron chi connectivity index (χ4n) is 7.27. The molecule has 2 fully saturated rings. The summed E-state index contributed by atoms with van der Waals surface area (Å²) in [4.78, 5) is 40.2. The van der Waals surface area contributed by atoms with Crippen molar-refractivity contribution in [3.8, 4) is 0 Å². The number of rotatable bonds is 4. The van der Waals surface area contributed by atoms with E-state index in [0.717, 1.165) is 19.3 Å². The van der Waals surface area contributed by atoms with Crippen LogP contribution in [0.1, 0.15) is 66.4 Å². The number of fused-ring (bicyclic) bond motifs is 3. The molecule has 1 aliphatic carbocycles. The largest absolute Gasteiger partial charge is 0.325 e. The summed E-state index contributed by atoms with van der Waals surface area (Å²) in [5, 5.41) is 10.0. The van der Waals surface area contributed by atoms with Gasteiger partial charge in [0.15, 0.2) is 5.78 Å². The molecular weight excluding hydrogens is 528 g/mol. The summed E-state index contributed by atoms with van der Waals surface area (Å²) in [6.45, 7) is 1.47. The molecule has 202 valence electrons. The second kappa shape index (κ2) is 9.86. The molecule has 3 atom stereocenters. The van der Waals surface area contributed by atoms with Gasteiger partial charge in [-0.15, -0.1) is 0 Å². The van der Waals surface area contributed by atoms with Crippen LogP contribution in [0.3, 0.4) is 0 Å². The van der Waals surface area contributed by atoms with Crippen molar-refractivity contribution < 1.29 is 18.8 Å². The van der Waals surface area contributed by atoms with Crippen molar-refractivity contribution in [2.75, 3.05) is 10.6 Å². The highest BCUT2D eigenvalue weighted by Crippen LogP contribution is 2.62. The molecule has 2 spiro atoms. The number of amides is 2. The van der Waals surface area contributed by atoms with E-state index in [1.807, 2.05) is 6.07 Å². The molecule has 2 radical (unpaired) electrons. The summed E-state index contributed by atoms with van der Waals surface area (Å²) in [6, 6.07) is 15.6. The van der Waals surface area contributed by atoms with E-state index in [4.69, 9.17) is 19.4 Å². The topological polar surface area (TPSA) is 87.3 Å². The molecule has 1 saturated heterocycles. The van der Waals surface area contributed by atoms with Crippen LogP contribution in [0, 0.1) is 5.82 Å². The fourth-order valence-corrected chi connectivity index (χ4v) is 7.45. The van der Waals surface area contributed by atoms with Gasteiger partial charge in [-0.25, -0.2) is 4.39 Å². The Bertz CT molecular complexity index is 1540. The van der Waals surface area contributed by atoms with Gasteiger partial charge in [-0.1, -0.05) is 60.6 Å². The van der Waals surface area contributed by atoms with Crippen molar-refractivity contribution in [1.29, 1.82) is 0 Å². The van der Waals surface area contributed by atoms with Crippen LogP contribution < -0.4 is 21.4 Å². The van der Waals surface area contributed by atoms with Gasteiger partial charge in [0.2, 0.25) is 11.8 Å². The third-order valence-corrected chi connectivity index (χ3v) is 9.18. The summed E-state index contributed by atoms with van der Waals surface area (Å²) in [5.74, 6) is -2.32. The number of anilines is 2. The lowest BCUT2D eigenvalue weighted by Crippen LogP contribution is -2.60. The maximum Gasteiger partial charge on any atom is 0.242 e. The molecule has 3 N–H and O–H groups in total. The molecule has 3 aromatic carbocycles. The molecule has 9 heteroatoms. The molecule has 0 aromatic heterocycles. The first-order chi connectivity index (χ1) is 19.2. The van der Waals surface area contributed by atoms with E-state index in [1.54, 1.807) is 48.5 Å². The van der Waals surface area contributed by atoms with Gasteiger partial charge in [-0.2, -0.15) is 0 Å². The molecule has 2 aliphatic heterocycles. The van der Waals surface area contributed by atoms with Crippen LogP contribution in [-0.4, -0.2) is 37.0 Å². The highest BCUT2D eigenvalue weighted by atomic mass is 35.5. The molecule has 0 bridgehead atoms. The van der Waals surface area contributed by atoms with Crippen LogP contribution in [-0.2, 0) is 15.0 Å². The van der Waals surface area contributed by atoms with Gasteiger partial charge >= 0.3 is 0 Å². The van der Waals surface area contributed by atoms with Gasteiger partial charge in [0.25, 0.3) is 0 Å². The quantitative estimate of drug-likeness (QED) is 0.320. The molecule has 0 unspecified atom stereocenters. The Labute approximate surface area is 238 Å². The van der Waals surface area contributed by atoms with Gasteiger partial charge in [-0.3, -0.25) is 19.7 Å². The number of hydrogen-bond acceptors (Lipinski definition) is 4. The number of halogens is 2. The Balaban J connectivity index is 1.54. The van der Waals surface area contributed by atoms with Crippen molar-refractivity contribution >= 4 is 53.9 Å². The van der Waals surface area contributed by atoms with Gasteiger partial charge in [0.1, 0.15) is 19.1 Å². The number of nitrogens with one attached hydrogen (secondary N) is 3. The van der Waals surface area contributed by atoms with Gasteiger partial charge in [0.05, 0.1) is 6.04 Å². The summed E-state index contributed by atoms with van der Waals surface area (Å²) in [6.07, 6.45) is 4.00. The molecule has 3 aromatic rings. The minimum atomic E-state index is -1.29. The number of hydrogen-bond donors (Lipinski definition) is 3. The van der Waals surface area contributed by atoms with E-state index in [-0.39, 0.29) is 22.7 Å². The maximum atomic E-state index is 15.9.